The Bertz CT molecular complexity index is 932. The summed E-state index contributed by atoms with van der Waals surface area (Å²) in [5.74, 6) is -0.0245. The van der Waals surface area contributed by atoms with E-state index in [2.05, 4.69) is 33.4 Å². The number of rotatable bonds is 6. The van der Waals surface area contributed by atoms with E-state index in [4.69, 9.17) is 0 Å². The summed E-state index contributed by atoms with van der Waals surface area (Å²) >= 11 is 0. The molecule has 0 radical (unpaired) electrons. The van der Waals surface area contributed by atoms with Gasteiger partial charge >= 0.3 is 0 Å². The Morgan fingerprint density at radius 3 is 2.46 bits per heavy atom. The minimum absolute atomic E-state index is 0.0245. The van der Waals surface area contributed by atoms with E-state index in [-0.39, 0.29) is 11.9 Å². The van der Waals surface area contributed by atoms with Gasteiger partial charge in [-0.1, -0.05) is 24.3 Å². The zero-order chi connectivity index (χ0) is 19.3. The second-order valence-corrected chi connectivity index (χ2v) is 7.38. The molecule has 6 heteroatoms. The second kappa shape index (κ2) is 8.35. The van der Waals surface area contributed by atoms with E-state index in [0.717, 1.165) is 36.4 Å². The molecule has 144 valence electrons. The number of carbonyl (C=O) groups is 1. The average molecular weight is 375 g/mol. The molecule has 1 saturated heterocycles. The van der Waals surface area contributed by atoms with Gasteiger partial charge in [-0.15, -0.1) is 10.2 Å². The second-order valence-electron chi connectivity index (χ2n) is 7.38. The van der Waals surface area contributed by atoms with Crippen LogP contribution in [0.4, 0.5) is 0 Å². The van der Waals surface area contributed by atoms with Crippen molar-refractivity contribution in [2.45, 2.75) is 25.8 Å². The van der Waals surface area contributed by atoms with E-state index in [1.807, 2.05) is 47.0 Å². The Labute approximate surface area is 165 Å². The molecule has 2 heterocycles. The van der Waals surface area contributed by atoms with Crippen molar-refractivity contribution in [2.24, 2.45) is 0 Å². The van der Waals surface area contributed by atoms with Gasteiger partial charge in [0.15, 0.2) is 0 Å². The first-order valence-corrected chi connectivity index (χ1v) is 9.78. The van der Waals surface area contributed by atoms with Gasteiger partial charge in [-0.2, -0.15) is 0 Å². The summed E-state index contributed by atoms with van der Waals surface area (Å²) < 4.78 is 1.86. The highest BCUT2D eigenvalue weighted by molar-refractivity contribution is 5.95. The standard InChI is InChI=1S/C22H25N5O/c1-17(14-26-10-2-3-11-26)25-22(28)20-8-4-6-18(12-20)19-7-5-9-21(13-19)27-15-23-24-16-27/h4-9,12-13,15-17H,2-3,10-11,14H2,1H3,(H,25,28)/t17-/m1/s1. The van der Waals surface area contributed by atoms with Gasteiger partial charge in [0.25, 0.3) is 5.91 Å². The van der Waals surface area contributed by atoms with Crippen LogP contribution in [0.1, 0.15) is 30.1 Å². The van der Waals surface area contributed by atoms with Crippen LogP contribution in [0.3, 0.4) is 0 Å². The van der Waals surface area contributed by atoms with E-state index < -0.39 is 0 Å². The lowest BCUT2D eigenvalue weighted by Crippen LogP contribution is -2.41. The summed E-state index contributed by atoms with van der Waals surface area (Å²) in [5, 5.41) is 10.9. The van der Waals surface area contributed by atoms with Crippen molar-refractivity contribution in [3.05, 3.63) is 66.7 Å². The summed E-state index contributed by atoms with van der Waals surface area (Å²) in [6, 6.07) is 16.0. The van der Waals surface area contributed by atoms with Crippen LogP contribution in [0.2, 0.25) is 0 Å². The Morgan fingerprint density at radius 2 is 1.71 bits per heavy atom. The van der Waals surface area contributed by atoms with Crippen molar-refractivity contribution < 1.29 is 4.79 Å². The highest BCUT2D eigenvalue weighted by atomic mass is 16.1. The summed E-state index contributed by atoms with van der Waals surface area (Å²) in [6.07, 6.45) is 5.86. The van der Waals surface area contributed by atoms with Gasteiger partial charge in [0.05, 0.1) is 0 Å². The average Bonchev–Trinajstić information content (AvgIpc) is 3.42. The molecule has 0 spiro atoms. The largest absolute Gasteiger partial charge is 0.348 e. The van der Waals surface area contributed by atoms with Crippen molar-refractivity contribution in [3.8, 4) is 16.8 Å². The number of hydrogen-bond donors (Lipinski definition) is 1. The van der Waals surface area contributed by atoms with Crippen molar-refractivity contribution >= 4 is 5.91 Å². The molecule has 0 aliphatic carbocycles. The number of benzene rings is 2. The minimum Gasteiger partial charge on any atom is -0.348 e. The molecular formula is C22H25N5O. The van der Waals surface area contributed by atoms with Gasteiger partial charge in [0.2, 0.25) is 0 Å². The Hall–Kier alpha value is -2.99. The predicted octanol–water partition coefficient (Wildman–Crippen LogP) is 3.15. The lowest BCUT2D eigenvalue weighted by Gasteiger charge is -2.21. The predicted molar refractivity (Wildman–Crippen MR) is 109 cm³/mol. The number of aromatic nitrogens is 3. The fourth-order valence-electron chi connectivity index (χ4n) is 3.73. The first-order chi connectivity index (χ1) is 13.7. The molecule has 2 aromatic carbocycles. The Balaban J connectivity index is 1.48. The fourth-order valence-corrected chi connectivity index (χ4v) is 3.73. The monoisotopic (exact) mass is 375 g/mol. The van der Waals surface area contributed by atoms with E-state index >= 15 is 0 Å². The van der Waals surface area contributed by atoms with Crippen molar-refractivity contribution in [3.63, 3.8) is 0 Å². The SMILES string of the molecule is C[C@H](CN1CCCC1)NC(=O)c1cccc(-c2cccc(-n3cnnc3)c2)c1. The van der Waals surface area contributed by atoms with Crippen molar-refractivity contribution in [2.75, 3.05) is 19.6 Å². The van der Waals surface area contributed by atoms with Crippen molar-refractivity contribution in [1.82, 2.24) is 25.0 Å². The summed E-state index contributed by atoms with van der Waals surface area (Å²) in [7, 11) is 0. The van der Waals surface area contributed by atoms with Gasteiger partial charge in [0.1, 0.15) is 12.7 Å². The topological polar surface area (TPSA) is 63.1 Å². The summed E-state index contributed by atoms with van der Waals surface area (Å²) in [5.41, 5.74) is 3.72. The van der Waals surface area contributed by atoms with Crippen LogP contribution in [0.5, 0.6) is 0 Å². The van der Waals surface area contributed by atoms with E-state index in [0.29, 0.717) is 5.56 Å². The molecular weight excluding hydrogens is 350 g/mol. The molecule has 4 rings (SSSR count). The minimum atomic E-state index is -0.0245. The first kappa shape index (κ1) is 18.4. The Kier molecular flexibility index (Phi) is 5.48. The molecule has 6 nitrogen and oxygen atoms in total. The van der Waals surface area contributed by atoms with Crippen LogP contribution in [0.15, 0.2) is 61.2 Å². The number of carbonyl (C=O) groups excluding carboxylic acids is 1. The lowest BCUT2D eigenvalue weighted by atomic mass is 10.0. The van der Waals surface area contributed by atoms with E-state index in [1.165, 1.54) is 12.8 Å². The molecule has 1 fully saturated rings. The molecule has 28 heavy (non-hydrogen) atoms. The number of amides is 1. The third-order valence-corrected chi connectivity index (χ3v) is 5.13. The smallest absolute Gasteiger partial charge is 0.251 e. The first-order valence-electron chi connectivity index (χ1n) is 9.78. The zero-order valence-electron chi connectivity index (χ0n) is 16.1. The zero-order valence-corrected chi connectivity index (χ0v) is 16.1. The molecule has 1 amide bonds. The van der Waals surface area contributed by atoms with Gasteiger partial charge in [-0.3, -0.25) is 9.36 Å². The fraction of sp³-hybridized carbons (Fsp3) is 0.318. The lowest BCUT2D eigenvalue weighted by molar-refractivity contribution is 0.0932. The van der Waals surface area contributed by atoms with Gasteiger partial charge in [-0.25, -0.2) is 0 Å². The Morgan fingerprint density at radius 1 is 1.04 bits per heavy atom. The maximum Gasteiger partial charge on any atom is 0.251 e. The summed E-state index contributed by atoms with van der Waals surface area (Å²) in [6.45, 7) is 5.26. The van der Waals surface area contributed by atoms with Crippen LogP contribution < -0.4 is 5.32 Å². The van der Waals surface area contributed by atoms with Crippen LogP contribution in [0.25, 0.3) is 16.8 Å². The molecule has 1 aliphatic rings. The third-order valence-electron chi connectivity index (χ3n) is 5.13. The molecule has 1 N–H and O–H groups in total. The molecule has 1 aliphatic heterocycles. The normalized spacial score (nSPS) is 15.5. The maximum absolute atomic E-state index is 12.7. The molecule has 3 aromatic rings. The maximum atomic E-state index is 12.7. The van der Waals surface area contributed by atoms with Gasteiger partial charge in [-0.05, 0) is 68.2 Å². The van der Waals surface area contributed by atoms with Crippen LogP contribution >= 0.6 is 0 Å². The molecule has 0 bridgehead atoms. The highest BCUT2D eigenvalue weighted by Gasteiger charge is 2.17. The summed E-state index contributed by atoms with van der Waals surface area (Å²) in [4.78, 5) is 15.1. The van der Waals surface area contributed by atoms with Crippen molar-refractivity contribution in [1.29, 1.82) is 0 Å². The molecule has 0 saturated carbocycles. The molecule has 1 aromatic heterocycles. The van der Waals surface area contributed by atoms with Gasteiger partial charge in [0, 0.05) is 23.8 Å². The quantitative estimate of drug-likeness (QED) is 0.719. The van der Waals surface area contributed by atoms with E-state index in [1.54, 1.807) is 12.7 Å². The molecule has 1 atom stereocenters. The number of nitrogens with one attached hydrogen (secondary N) is 1. The van der Waals surface area contributed by atoms with Crippen LogP contribution in [0, 0.1) is 0 Å². The van der Waals surface area contributed by atoms with E-state index in [9.17, 15) is 4.79 Å². The third kappa shape index (κ3) is 4.28. The van der Waals surface area contributed by atoms with Crippen LogP contribution in [-0.4, -0.2) is 51.2 Å². The highest BCUT2D eigenvalue weighted by Crippen LogP contribution is 2.23. The number of hydrogen-bond acceptors (Lipinski definition) is 4. The number of likely N-dealkylation sites (tertiary alicyclic amines) is 1. The number of nitrogens with zero attached hydrogens (tertiary/aromatic N) is 4. The van der Waals surface area contributed by atoms with Crippen LogP contribution in [-0.2, 0) is 0 Å². The molecule has 0 unspecified atom stereocenters. The van der Waals surface area contributed by atoms with Gasteiger partial charge < -0.3 is 10.2 Å².